The lowest BCUT2D eigenvalue weighted by Crippen LogP contribution is -2.03. The molecule has 0 fully saturated rings. The highest BCUT2D eigenvalue weighted by Gasteiger charge is 2.11. The van der Waals surface area contributed by atoms with Crippen LogP contribution in [0.1, 0.15) is 5.56 Å². The van der Waals surface area contributed by atoms with Crippen molar-refractivity contribution in [1.29, 1.82) is 0 Å². The SMILES string of the molecule is CS(=O)(=O)c1ccc(Cl)c(NCc2c(Cl)cccc2Cl)c1. The van der Waals surface area contributed by atoms with Crippen LogP contribution in [0, 0.1) is 0 Å². The fourth-order valence-corrected chi connectivity index (χ4v) is 3.12. The Morgan fingerprint density at radius 1 is 1.00 bits per heavy atom. The summed E-state index contributed by atoms with van der Waals surface area (Å²) in [6, 6.07) is 9.71. The lowest BCUT2D eigenvalue weighted by atomic mass is 10.2. The molecule has 0 atom stereocenters. The van der Waals surface area contributed by atoms with E-state index in [1.54, 1.807) is 18.2 Å². The van der Waals surface area contributed by atoms with Crippen LogP contribution < -0.4 is 5.32 Å². The highest BCUT2D eigenvalue weighted by atomic mass is 35.5. The maximum absolute atomic E-state index is 11.6. The number of sulfone groups is 1. The van der Waals surface area contributed by atoms with Crippen LogP contribution >= 0.6 is 34.8 Å². The predicted molar refractivity (Wildman–Crippen MR) is 88.4 cm³/mol. The Kier molecular flexibility index (Phi) is 5.04. The predicted octanol–water partition coefficient (Wildman–Crippen LogP) is 4.66. The van der Waals surface area contributed by atoms with Gasteiger partial charge in [-0.25, -0.2) is 8.42 Å². The van der Waals surface area contributed by atoms with E-state index in [1.807, 2.05) is 0 Å². The van der Waals surface area contributed by atoms with E-state index in [0.29, 0.717) is 27.3 Å². The number of rotatable bonds is 4. The summed E-state index contributed by atoms with van der Waals surface area (Å²) in [5.41, 5.74) is 1.23. The monoisotopic (exact) mass is 363 g/mol. The van der Waals surface area contributed by atoms with Crippen molar-refractivity contribution >= 4 is 50.3 Å². The Hall–Kier alpha value is -0.940. The third kappa shape index (κ3) is 4.04. The van der Waals surface area contributed by atoms with Crippen molar-refractivity contribution in [3.05, 3.63) is 57.0 Å². The lowest BCUT2D eigenvalue weighted by molar-refractivity contribution is 0.602. The average molecular weight is 365 g/mol. The quantitative estimate of drug-likeness (QED) is 0.858. The first-order valence-electron chi connectivity index (χ1n) is 5.95. The molecule has 0 aliphatic heterocycles. The van der Waals surface area contributed by atoms with Crippen LogP contribution in [0.5, 0.6) is 0 Å². The molecule has 2 aromatic carbocycles. The summed E-state index contributed by atoms with van der Waals surface area (Å²) in [5, 5.41) is 4.55. The minimum atomic E-state index is -3.29. The van der Waals surface area contributed by atoms with Gasteiger partial charge in [0.25, 0.3) is 0 Å². The van der Waals surface area contributed by atoms with Gasteiger partial charge in [-0.05, 0) is 30.3 Å². The smallest absolute Gasteiger partial charge is 0.175 e. The summed E-state index contributed by atoms with van der Waals surface area (Å²) in [6.45, 7) is 0.339. The molecule has 0 aliphatic carbocycles. The van der Waals surface area contributed by atoms with E-state index >= 15 is 0 Å². The van der Waals surface area contributed by atoms with Gasteiger partial charge in [-0.2, -0.15) is 0 Å². The summed E-state index contributed by atoms with van der Waals surface area (Å²) in [6.07, 6.45) is 1.14. The molecule has 0 radical (unpaired) electrons. The van der Waals surface area contributed by atoms with Gasteiger partial charge in [-0.15, -0.1) is 0 Å². The van der Waals surface area contributed by atoms with E-state index in [0.717, 1.165) is 11.8 Å². The first kappa shape index (κ1) is 16.4. The van der Waals surface area contributed by atoms with Crippen LogP contribution in [0.15, 0.2) is 41.3 Å². The molecule has 7 heteroatoms. The lowest BCUT2D eigenvalue weighted by Gasteiger charge is -2.12. The third-order valence-electron chi connectivity index (χ3n) is 2.88. The number of hydrogen-bond donors (Lipinski definition) is 1. The highest BCUT2D eigenvalue weighted by molar-refractivity contribution is 7.90. The number of nitrogens with one attached hydrogen (secondary N) is 1. The molecule has 112 valence electrons. The maximum Gasteiger partial charge on any atom is 0.175 e. The summed E-state index contributed by atoms with van der Waals surface area (Å²) < 4.78 is 23.1. The second-order valence-corrected chi connectivity index (χ2v) is 7.70. The summed E-state index contributed by atoms with van der Waals surface area (Å²) in [5.74, 6) is 0. The molecule has 0 aromatic heterocycles. The zero-order valence-electron chi connectivity index (χ0n) is 11.0. The number of anilines is 1. The Labute approximate surface area is 138 Å². The van der Waals surface area contributed by atoms with Gasteiger partial charge in [0.05, 0.1) is 15.6 Å². The van der Waals surface area contributed by atoms with Gasteiger partial charge in [0.2, 0.25) is 0 Å². The fraction of sp³-hybridized carbons (Fsp3) is 0.143. The minimum absolute atomic E-state index is 0.194. The Bertz CT molecular complexity index is 756. The van der Waals surface area contributed by atoms with Gasteiger partial charge in [0.15, 0.2) is 9.84 Å². The fourth-order valence-electron chi connectivity index (χ4n) is 1.76. The van der Waals surface area contributed by atoms with Crippen molar-refractivity contribution in [3.63, 3.8) is 0 Å². The molecule has 0 unspecified atom stereocenters. The molecule has 21 heavy (non-hydrogen) atoms. The largest absolute Gasteiger partial charge is 0.380 e. The van der Waals surface area contributed by atoms with Crippen molar-refractivity contribution in [3.8, 4) is 0 Å². The molecular formula is C14H12Cl3NO2S. The zero-order valence-corrected chi connectivity index (χ0v) is 14.1. The molecular weight excluding hydrogens is 353 g/mol. The Morgan fingerprint density at radius 3 is 2.19 bits per heavy atom. The molecule has 0 amide bonds. The first-order valence-corrected chi connectivity index (χ1v) is 8.98. The van der Waals surface area contributed by atoms with Gasteiger partial charge >= 0.3 is 0 Å². The van der Waals surface area contributed by atoms with Crippen LogP contribution in [0.2, 0.25) is 15.1 Å². The molecule has 0 spiro atoms. The van der Waals surface area contributed by atoms with Crippen molar-refractivity contribution in [2.24, 2.45) is 0 Å². The molecule has 0 aliphatic rings. The van der Waals surface area contributed by atoms with E-state index in [2.05, 4.69) is 5.32 Å². The highest BCUT2D eigenvalue weighted by Crippen LogP contribution is 2.29. The molecule has 1 N–H and O–H groups in total. The van der Waals surface area contributed by atoms with Crippen molar-refractivity contribution in [1.82, 2.24) is 0 Å². The molecule has 2 aromatic rings. The second kappa shape index (κ2) is 6.44. The molecule has 0 heterocycles. The van der Waals surface area contributed by atoms with Gasteiger partial charge in [-0.3, -0.25) is 0 Å². The minimum Gasteiger partial charge on any atom is -0.380 e. The third-order valence-corrected chi connectivity index (χ3v) is 5.03. The molecule has 0 saturated carbocycles. The first-order chi connectivity index (χ1) is 9.79. The number of halogens is 3. The number of hydrogen-bond acceptors (Lipinski definition) is 3. The van der Waals surface area contributed by atoms with Crippen LogP contribution in [0.25, 0.3) is 0 Å². The van der Waals surface area contributed by atoms with Gasteiger partial charge in [-0.1, -0.05) is 40.9 Å². The van der Waals surface area contributed by atoms with Gasteiger partial charge in [0.1, 0.15) is 0 Å². The Morgan fingerprint density at radius 2 is 1.62 bits per heavy atom. The molecule has 0 bridgehead atoms. The van der Waals surface area contributed by atoms with E-state index in [9.17, 15) is 8.42 Å². The molecule has 0 saturated heterocycles. The van der Waals surface area contributed by atoms with Crippen LogP contribution in [-0.2, 0) is 16.4 Å². The van der Waals surface area contributed by atoms with E-state index in [1.165, 1.54) is 18.2 Å². The summed E-state index contributed by atoms with van der Waals surface area (Å²) in [4.78, 5) is 0.194. The molecule has 2 rings (SSSR count). The van der Waals surface area contributed by atoms with E-state index in [-0.39, 0.29) is 4.90 Å². The van der Waals surface area contributed by atoms with Crippen LogP contribution in [0.4, 0.5) is 5.69 Å². The summed E-state index contributed by atoms with van der Waals surface area (Å²) >= 11 is 18.2. The molecule has 3 nitrogen and oxygen atoms in total. The van der Waals surface area contributed by atoms with Crippen LogP contribution in [0.3, 0.4) is 0 Å². The zero-order chi connectivity index (χ0) is 15.6. The topological polar surface area (TPSA) is 46.2 Å². The maximum atomic E-state index is 11.6. The van der Waals surface area contributed by atoms with E-state index < -0.39 is 9.84 Å². The van der Waals surface area contributed by atoms with Crippen LogP contribution in [-0.4, -0.2) is 14.7 Å². The van der Waals surface area contributed by atoms with Crippen molar-refractivity contribution in [2.45, 2.75) is 11.4 Å². The van der Waals surface area contributed by atoms with Gasteiger partial charge in [0, 0.05) is 28.4 Å². The van der Waals surface area contributed by atoms with Crippen molar-refractivity contribution < 1.29 is 8.42 Å². The second-order valence-electron chi connectivity index (χ2n) is 4.47. The summed E-state index contributed by atoms with van der Waals surface area (Å²) in [7, 11) is -3.29. The average Bonchev–Trinajstić information content (AvgIpc) is 2.38. The Balaban J connectivity index is 2.28. The van der Waals surface area contributed by atoms with E-state index in [4.69, 9.17) is 34.8 Å². The normalized spacial score (nSPS) is 11.4. The standard InChI is InChI=1S/C14H12Cl3NO2S/c1-21(19,20)9-5-6-13(17)14(7-9)18-8-10-11(15)3-2-4-12(10)16/h2-7,18H,8H2,1H3. The number of benzene rings is 2. The van der Waals surface area contributed by atoms with Crippen molar-refractivity contribution in [2.75, 3.05) is 11.6 Å². The van der Waals surface area contributed by atoms with Gasteiger partial charge < -0.3 is 5.32 Å².